The van der Waals surface area contributed by atoms with Gasteiger partial charge in [-0.1, -0.05) is 23.2 Å². The van der Waals surface area contributed by atoms with Crippen LogP contribution in [0.2, 0.25) is 10.0 Å². The summed E-state index contributed by atoms with van der Waals surface area (Å²) in [4.78, 5) is 14.6. The standard InChI is InChI=1S/C10H11Cl2N3O2/c11-6-1-5(2-7(12)3-6)8(4-9(16)17)15-10(13)14/h1-3,8H,4H2,(H,16,17)(H4,13,14,15). The number of carbonyl (C=O) groups is 1. The molecule has 0 saturated carbocycles. The maximum Gasteiger partial charge on any atom is 0.305 e. The summed E-state index contributed by atoms with van der Waals surface area (Å²) in [6.45, 7) is 0. The second-order valence-corrected chi connectivity index (χ2v) is 4.24. The summed E-state index contributed by atoms with van der Waals surface area (Å²) < 4.78 is 0. The minimum atomic E-state index is -1.02. The Hall–Kier alpha value is -1.46. The third-order valence-corrected chi connectivity index (χ3v) is 2.38. The zero-order valence-corrected chi connectivity index (χ0v) is 10.2. The maximum atomic E-state index is 10.7. The first-order valence-corrected chi connectivity index (χ1v) is 5.40. The highest BCUT2D eigenvalue weighted by atomic mass is 35.5. The Bertz CT molecular complexity index is 439. The molecule has 7 heteroatoms. The van der Waals surface area contributed by atoms with E-state index in [2.05, 4.69) is 4.99 Å². The lowest BCUT2D eigenvalue weighted by Crippen LogP contribution is -2.24. The Labute approximate surface area is 108 Å². The largest absolute Gasteiger partial charge is 0.481 e. The molecule has 17 heavy (non-hydrogen) atoms. The first kappa shape index (κ1) is 13.6. The average Bonchev–Trinajstić information content (AvgIpc) is 2.13. The molecule has 0 heterocycles. The molecular formula is C10H11Cl2N3O2. The molecule has 0 aliphatic heterocycles. The Morgan fingerprint density at radius 2 is 1.82 bits per heavy atom. The fraction of sp³-hybridized carbons (Fsp3) is 0.200. The van der Waals surface area contributed by atoms with Gasteiger partial charge in [-0.3, -0.25) is 4.79 Å². The van der Waals surface area contributed by atoms with E-state index >= 15 is 0 Å². The summed E-state index contributed by atoms with van der Waals surface area (Å²) in [7, 11) is 0. The number of benzene rings is 1. The van der Waals surface area contributed by atoms with Crippen LogP contribution in [-0.2, 0) is 4.79 Å². The molecule has 1 rings (SSSR count). The topological polar surface area (TPSA) is 102 Å². The van der Waals surface area contributed by atoms with Gasteiger partial charge in [-0.25, -0.2) is 4.99 Å². The zero-order chi connectivity index (χ0) is 13.0. The van der Waals surface area contributed by atoms with Crippen LogP contribution in [0.4, 0.5) is 0 Å². The monoisotopic (exact) mass is 275 g/mol. The van der Waals surface area contributed by atoms with Crippen LogP contribution in [0, 0.1) is 0 Å². The predicted octanol–water partition coefficient (Wildman–Crippen LogP) is 1.78. The van der Waals surface area contributed by atoms with Crippen molar-refractivity contribution in [3.8, 4) is 0 Å². The number of nitrogens with two attached hydrogens (primary N) is 2. The summed E-state index contributed by atoms with van der Waals surface area (Å²) in [5.41, 5.74) is 11.1. The number of aliphatic carboxylic acids is 1. The van der Waals surface area contributed by atoms with Gasteiger partial charge in [0.1, 0.15) is 0 Å². The van der Waals surface area contributed by atoms with Crippen molar-refractivity contribution in [2.75, 3.05) is 0 Å². The van der Waals surface area contributed by atoms with E-state index in [1.165, 1.54) is 0 Å². The van der Waals surface area contributed by atoms with E-state index in [1.54, 1.807) is 18.2 Å². The van der Waals surface area contributed by atoms with Gasteiger partial charge in [0.25, 0.3) is 0 Å². The van der Waals surface area contributed by atoms with Gasteiger partial charge in [0.2, 0.25) is 0 Å². The highest BCUT2D eigenvalue weighted by molar-refractivity contribution is 6.34. The van der Waals surface area contributed by atoms with Crippen LogP contribution in [0.15, 0.2) is 23.2 Å². The summed E-state index contributed by atoms with van der Waals surface area (Å²) in [6.07, 6.45) is -0.241. The van der Waals surface area contributed by atoms with Gasteiger partial charge < -0.3 is 16.6 Å². The molecule has 5 N–H and O–H groups in total. The molecule has 0 aliphatic carbocycles. The fourth-order valence-electron chi connectivity index (χ4n) is 1.35. The normalized spacial score (nSPS) is 11.9. The minimum absolute atomic E-state index is 0.188. The van der Waals surface area contributed by atoms with Crippen molar-refractivity contribution in [3.05, 3.63) is 33.8 Å². The first-order chi connectivity index (χ1) is 7.88. The predicted molar refractivity (Wildman–Crippen MR) is 67.3 cm³/mol. The van der Waals surface area contributed by atoms with Crippen molar-refractivity contribution in [1.29, 1.82) is 0 Å². The molecule has 0 bridgehead atoms. The SMILES string of the molecule is NC(N)=NC(CC(=O)O)c1cc(Cl)cc(Cl)c1. The molecule has 1 unspecified atom stereocenters. The average molecular weight is 276 g/mol. The van der Waals surface area contributed by atoms with Crippen molar-refractivity contribution in [2.45, 2.75) is 12.5 Å². The smallest absolute Gasteiger partial charge is 0.305 e. The lowest BCUT2D eigenvalue weighted by molar-refractivity contribution is -0.137. The van der Waals surface area contributed by atoms with E-state index < -0.39 is 12.0 Å². The van der Waals surface area contributed by atoms with Gasteiger partial charge in [-0.2, -0.15) is 0 Å². The van der Waals surface area contributed by atoms with Crippen molar-refractivity contribution in [1.82, 2.24) is 0 Å². The van der Waals surface area contributed by atoms with Crippen LogP contribution < -0.4 is 11.5 Å². The van der Waals surface area contributed by atoms with Crippen LogP contribution in [0.1, 0.15) is 18.0 Å². The highest BCUT2D eigenvalue weighted by Crippen LogP contribution is 2.27. The number of halogens is 2. The van der Waals surface area contributed by atoms with E-state index in [0.29, 0.717) is 15.6 Å². The number of rotatable bonds is 4. The second-order valence-electron chi connectivity index (χ2n) is 3.37. The van der Waals surface area contributed by atoms with E-state index in [1.807, 2.05) is 0 Å². The van der Waals surface area contributed by atoms with Crippen molar-refractivity contribution < 1.29 is 9.90 Å². The molecular weight excluding hydrogens is 265 g/mol. The minimum Gasteiger partial charge on any atom is -0.481 e. The van der Waals surface area contributed by atoms with Crippen molar-refractivity contribution >= 4 is 35.1 Å². The Kier molecular flexibility index (Phi) is 4.60. The number of nitrogens with zero attached hydrogens (tertiary/aromatic N) is 1. The van der Waals surface area contributed by atoms with E-state index in [9.17, 15) is 4.79 Å². The van der Waals surface area contributed by atoms with Gasteiger partial charge in [-0.15, -0.1) is 0 Å². The molecule has 0 spiro atoms. The quantitative estimate of drug-likeness (QED) is 0.576. The number of guanidine groups is 1. The van der Waals surface area contributed by atoms with E-state index in [4.69, 9.17) is 39.8 Å². The van der Waals surface area contributed by atoms with Crippen LogP contribution >= 0.6 is 23.2 Å². The fourth-order valence-corrected chi connectivity index (χ4v) is 1.89. The molecule has 0 amide bonds. The third-order valence-electron chi connectivity index (χ3n) is 1.94. The van der Waals surface area contributed by atoms with Crippen molar-refractivity contribution in [2.24, 2.45) is 16.5 Å². The molecule has 1 aromatic rings. The van der Waals surface area contributed by atoms with Crippen LogP contribution in [0.3, 0.4) is 0 Å². The van der Waals surface area contributed by atoms with Gasteiger partial charge in [0.15, 0.2) is 5.96 Å². The summed E-state index contributed by atoms with van der Waals surface area (Å²) in [5.74, 6) is -1.21. The molecule has 0 aromatic heterocycles. The van der Waals surface area contributed by atoms with Crippen LogP contribution in [0.25, 0.3) is 0 Å². The van der Waals surface area contributed by atoms with Crippen LogP contribution in [-0.4, -0.2) is 17.0 Å². The molecule has 0 fully saturated rings. The maximum absolute atomic E-state index is 10.7. The zero-order valence-electron chi connectivity index (χ0n) is 8.73. The Morgan fingerprint density at radius 1 is 1.29 bits per heavy atom. The number of carboxylic acid groups (broad SMARTS) is 1. The van der Waals surface area contributed by atoms with Gasteiger partial charge in [0.05, 0.1) is 12.5 Å². The molecule has 0 saturated heterocycles. The third kappa shape index (κ3) is 4.50. The van der Waals surface area contributed by atoms with Gasteiger partial charge in [-0.05, 0) is 23.8 Å². The Balaban J connectivity index is 3.11. The number of hydrogen-bond donors (Lipinski definition) is 3. The first-order valence-electron chi connectivity index (χ1n) is 4.65. The lowest BCUT2D eigenvalue weighted by Gasteiger charge is -2.11. The highest BCUT2D eigenvalue weighted by Gasteiger charge is 2.16. The van der Waals surface area contributed by atoms with Gasteiger partial charge in [0, 0.05) is 10.0 Å². The van der Waals surface area contributed by atoms with E-state index in [-0.39, 0.29) is 12.4 Å². The molecule has 5 nitrogen and oxygen atoms in total. The molecule has 0 aliphatic rings. The number of hydrogen-bond acceptors (Lipinski definition) is 2. The van der Waals surface area contributed by atoms with Crippen LogP contribution in [0.5, 0.6) is 0 Å². The Morgan fingerprint density at radius 3 is 2.24 bits per heavy atom. The molecule has 92 valence electrons. The summed E-state index contributed by atoms with van der Waals surface area (Å²) in [5, 5.41) is 9.57. The van der Waals surface area contributed by atoms with E-state index in [0.717, 1.165) is 0 Å². The second kappa shape index (κ2) is 5.75. The molecule has 0 radical (unpaired) electrons. The molecule has 1 atom stereocenters. The molecule has 1 aromatic carbocycles. The lowest BCUT2D eigenvalue weighted by atomic mass is 10.0. The number of carboxylic acids is 1. The summed E-state index contributed by atoms with van der Waals surface area (Å²) in [6, 6.07) is 4.00. The van der Waals surface area contributed by atoms with Gasteiger partial charge >= 0.3 is 5.97 Å². The number of aliphatic imine (C=N–C) groups is 1. The van der Waals surface area contributed by atoms with Crippen molar-refractivity contribution in [3.63, 3.8) is 0 Å². The summed E-state index contributed by atoms with van der Waals surface area (Å²) >= 11 is 11.6.